The van der Waals surface area contributed by atoms with Crippen molar-refractivity contribution in [2.75, 3.05) is 13.6 Å². The molecule has 0 amide bonds. The van der Waals surface area contributed by atoms with E-state index in [0.29, 0.717) is 12.1 Å². The largest absolute Gasteiger partial charge is 0.356 e. The van der Waals surface area contributed by atoms with Gasteiger partial charge in [0, 0.05) is 37.6 Å². The van der Waals surface area contributed by atoms with E-state index in [9.17, 15) is 0 Å². The molecule has 1 aromatic heterocycles. The van der Waals surface area contributed by atoms with E-state index >= 15 is 0 Å². The Morgan fingerprint density at radius 1 is 1.41 bits per heavy atom. The minimum Gasteiger partial charge on any atom is -0.356 e. The number of guanidine groups is 1. The zero-order valence-electron chi connectivity index (χ0n) is 12.8. The molecule has 0 bridgehead atoms. The van der Waals surface area contributed by atoms with Crippen LogP contribution in [0.4, 0.5) is 0 Å². The highest BCUT2D eigenvalue weighted by atomic mass is 32.1. The smallest absolute Gasteiger partial charge is 0.191 e. The first-order valence-electron chi connectivity index (χ1n) is 7.06. The summed E-state index contributed by atoms with van der Waals surface area (Å²) in [4.78, 5) is 9.76. The summed E-state index contributed by atoms with van der Waals surface area (Å²) >= 11 is 1.72. The molecule has 0 fully saturated rings. The lowest BCUT2D eigenvalue weighted by molar-refractivity contribution is 0.792. The van der Waals surface area contributed by atoms with Crippen LogP contribution < -0.4 is 10.6 Å². The molecule has 0 aliphatic rings. The fourth-order valence-electron chi connectivity index (χ4n) is 1.96. The molecule has 2 N–H and O–H groups in total. The molecular formula is C16H19N5S. The Morgan fingerprint density at radius 3 is 2.95 bits per heavy atom. The average molecular weight is 313 g/mol. The standard InChI is InChI=1S/C16H19N5S/c1-12-10-20-15(22-12)6-7-19-16(18-2)21-11-14-5-3-4-13(8-14)9-17/h3-5,8,10H,6-7,11H2,1-2H3,(H2,18,19,21). The predicted octanol–water partition coefficient (Wildman–Crippen LogP) is 2.23. The number of nitriles is 1. The lowest BCUT2D eigenvalue weighted by Gasteiger charge is -2.11. The summed E-state index contributed by atoms with van der Waals surface area (Å²) in [7, 11) is 1.74. The van der Waals surface area contributed by atoms with Gasteiger partial charge in [0.2, 0.25) is 0 Å². The first-order valence-corrected chi connectivity index (χ1v) is 7.88. The van der Waals surface area contributed by atoms with E-state index in [0.717, 1.165) is 29.5 Å². The number of thiazole rings is 1. The Kier molecular flexibility index (Phi) is 5.92. The molecule has 2 rings (SSSR count). The van der Waals surface area contributed by atoms with Gasteiger partial charge in [0.1, 0.15) is 0 Å². The zero-order chi connectivity index (χ0) is 15.8. The number of hydrogen-bond donors (Lipinski definition) is 2. The quantitative estimate of drug-likeness (QED) is 0.656. The van der Waals surface area contributed by atoms with Crippen LogP contribution in [0.25, 0.3) is 0 Å². The normalized spacial score (nSPS) is 11.0. The summed E-state index contributed by atoms with van der Waals surface area (Å²) in [6.07, 6.45) is 2.78. The van der Waals surface area contributed by atoms with Crippen LogP contribution in [0.15, 0.2) is 35.5 Å². The van der Waals surface area contributed by atoms with Crippen LogP contribution in [-0.2, 0) is 13.0 Å². The summed E-state index contributed by atoms with van der Waals surface area (Å²) < 4.78 is 0. The molecule has 1 heterocycles. The highest BCUT2D eigenvalue weighted by Gasteiger charge is 2.01. The van der Waals surface area contributed by atoms with Crippen LogP contribution in [0.1, 0.15) is 21.0 Å². The number of aliphatic imine (C=N–C) groups is 1. The van der Waals surface area contributed by atoms with Gasteiger partial charge in [0.15, 0.2) is 5.96 Å². The second-order valence-electron chi connectivity index (χ2n) is 4.78. The van der Waals surface area contributed by atoms with Crippen molar-refractivity contribution in [3.05, 3.63) is 51.5 Å². The highest BCUT2D eigenvalue weighted by molar-refractivity contribution is 7.11. The van der Waals surface area contributed by atoms with Crippen LogP contribution in [0.3, 0.4) is 0 Å². The zero-order valence-corrected chi connectivity index (χ0v) is 13.6. The summed E-state index contributed by atoms with van der Waals surface area (Å²) in [5, 5.41) is 16.5. The topological polar surface area (TPSA) is 73.1 Å². The number of hydrogen-bond acceptors (Lipinski definition) is 4. The number of benzene rings is 1. The maximum Gasteiger partial charge on any atom is 0.191 e. The molecule has 0 saturated carbocycles. The Balaban J connectivity index is 1.78. The highest BCUT2D eigenvalue weighted by Crippen LogP contribution is 2.10. The molecule has 6 heteroatoms. The first kappa shape index (κ1) is 16.0. The lowest BCUT2D eigenvalue weighted by Crippen LogP contribution is -2.37. The number of nitrogens with one attached hydrogen (secondary N) is 2. The van der Waals surface area contributed by atoms with Crippen LogP contribution in [0.5, 0.6) is 0 Å². The van der Waals surface area contributed by atoms with E-state index in [1.807, 2.05) is 24.4 Å². The SMILES string of the molecule is CN=C(NCCc1ncc(C)s1)NCc1cccc(C#N)c1. The van der Waals surface area contributed by atoms with Crippen molar-refractivity contribution in [2.24, 2.45) is 4.99 Å². The van der Waals surface area contributed by atoms with E-state index in [1.165, 1.54) is 4.88 Å². The molecule has 5 nitrogen and oxygen atoms in total. The van der Waals surface area contributed by atoms with E-state index in [1.54, 1.807) is 24.5 Å². The molecule has 0 aliphatic carbocycles. The number of nitrogens with zero attached hydrogens (tertiary/aromatic N) is 3. The van der Waals surface area contributed by atoms with E-state index in [-0.39, 0.29) is 0 Å². The van der Waals surface area contributed by atoms with Crippen LogP contribution in [0.2, 0.25) is 0 Å². The van der Waals surface area contributed by atoms with Crippen molar-refractivity contribution >= 4 is 17.3 Å². The Morgan fingerprint density at radius 2 is 2.27 bits per heavy atom. The van der Waals surface area contributed by atoms with Gasteiger partial charge in [-0.2, -0.15) is 5.26 Å². The molecule has 0 radical (unpaired) electrons. The summed E-state index contributed by atoms with van der Waals surface area (Å²) in [6.45, 7) is 3.47. The monoisotopic (exact) mass is 313 g/mol. The van der Waals surface area contributed by atoms with E-state index in [4.69, 9.17) is 5.26 Å². The molecule has 22 heavy (non-hydrogen) atoms. The Bertz CT molecular complexity index is 684. The Hall–Kier alpha value is -2.39. The van der Waals surface area contributed by atoms with Crippen molar-refractivity contribution in [3.63, 3.8) is 0 Å². The van der Waals surface area contributed by atoms with Gasteiger partial charge in [0.05, 0.1) is 16.6 Å². The van der Waals surface area contributed by atoms with Crippen LogP contribution in [0, 0.1) is 18.3 Å². The predicted molar refractivity (Wildman–Crippen MR) is 89.9 cm³/mol. The van der Waals surface area contributed by atoms with Crippen LogP contribution >= 0.6 is 11.3 Å². The van der Waals surface area contributed by atoms with E-state index < -0.39 is 0 Å². The number of rotatable bonds is 5. The first-order chi connectivity index (χ1) is 10.7. The third-order valence-corrected chi connectivity index (χ3v) is 4.01. The second-order valence-corrected chi connectivity index (χ2v) is 6.10. The molecule has 0 unspecified atom stereocenters. The van der Waals surface area contributed by atoms with Gasteiger partial charge in [0.25, 0.3) is 0 Å². The fraction of sp³-hybridized carbons (Fsp3) is 0.312. The summed E-state index contributed by atoms with van der Waals surface area (Å²) in [6, 6.07) is 9.69. The maximum atomic E-state index is 8.90. The van der Waals surface area contributed by atoms with Gasteiger partial charge in [-0.15, -0.1) is 11.3 Å². The van der Waals surface area contributed by atoms with Crippen molar-refractivity contribution < 1.29 is 0 Å². The van der Waals surface area contributed by atoms with Crippen molar-refractivity contribution in [3.8, 4) is 6.07 Å². The fourth-order valence-corrected chi connectivity index (χ4v) is 2.75. The third kappa shape index (κ3) is 4.86. The molecule has 0 atom stereocenters. The minimum absolute atomic E-state index is 0.631. The van der Waals surface area contributed by atoms with Gasteiger partial charge in [-0.3, -0.25) is 4.99 Å². The van der Waals surface area contributed by atoms with Crippen molar-refractivity contribution in [1.29, 1.82) is 5.26 Å². The third-order valence-electron chi connectivity index (χ3n) is 3.04. The molecule has 114 valence electrons. The summed E-state index contributed by atoms with van der Waals surface area (Å²) in [5.74, 6) is 0.746. The second kappa shape index (κ2) is 8.15. The van der Waals surface area contributed by atoms with Gasteiger partial charge in [-0.1, -0.05) is 12.1 Å². The van der Waals surface area contributed by atoms with Crippen LogP contribution in [-0.4, -0.2) is 24.5 Å². The minimum atomic E-state index is 0.631. The summed E-state index contributed by atoms with van der Waals surface area (Å²) in [5.41, 5.74) is 1.72. The molecule has 2 aromatic rings. The van der Waals surface area contributed by atoms with Gasteiger partial charge in [-0.05, 0) is 24.6 Å². The molecular weight excluding hydrogens is 294 g/mol. The average Bonchev–Trinajstić information content (AvgIpc) is 2.96. The van der Waals surface area contributed by atoms with Gasteiger partial charge >= 0.3 is 0 Å². The number of aromatic nitrogens is 1. The maximum absolute atomic E-state index is 8.90. The molecule has 0 spiro atoms. The molecule has 0 saturated heterocycles. The Labute approximate surface area is 134 Å². The van der Waals surface area contributed by atoms with E-state index in [2.05, 4.69) is 33.6 Å². The number of aryl methyl sites for hydroxylation is 1. The van der Waals surface area contributed by atoms with Crippen molar-refractivity contribution in [2.45, 2.75) is 19.9 Å². The molecule has 1 aromatic carbocycles. The van der Waals surface area contributed by atoms with Gasteiger partial charge < -0.3 is 10.6 Å². The van der Waals surface area contributed by atoms with Crippen molar-refractivity contribution in [1.82, 2.24) is 15.6 Å². The molecule has 0 aliphatic heterocycles. The lowest BCUT2D eigenvalue weighted by atomic mass is 10.1. The van der Waals surface area contributed by atoms with Gasteiger partial charge in [-0.25, -0.2) is 4.98 Å².